The molecule has 0 saturated carbocycles. The van der Waals surface area contributed by atoms with E-state index in [-0.39, 0.29) is 5.69 Å². The number of benzene rings is 2. The first-order valence-electron chi connectivity index (χ1n) is 8.89. The van der Waals surface area contributed by atoms with Crippen LogP contribution in [0.4, 0.5) is 10.1 Å². The fourth-order valence-electron chi connectivity index (χ4n) is 2.50. The van der Waals surface area contributed by atoms with Gasteiger partial charge in [0.05, 0.1) is 11.9 Å². The number of carbonyl (C=O) groups excluding carboxylic acids is 1. The van der Waals surface area contributed by atoms with Crippen LogP contribution in [0, 0.1) is 12.7 Å². The zero-order valence-electron chi connectivity index (χ0n) is 16.0. The van der Waals surface area contributed by atoms with Crippen molar-refractivity contribution in [1.82, 2.24) is 5.32 Å². The van der Waals surface area contributed by atoms with E-state index in [4.69, 9.17) is 0 Å². The van der Waals surface area contributed by atoms with E-state index in [1.165, 1.54) is 29.3 Å². The highest BCUT2D eigenvalue weighted by Gasteiger charge is 2.23. The number of amides is 1. The molecule has 152 valence electrons. The van der Waals surface area contributed by atoms with Crippen molar-refractivity contribution in [2.75, 3.05) is 29.4 Å². The van der Waals surface area contributed by atoms with Crippen molar-refractivity contribution in [2.45, 2.75) is 19.1 Å². The molecule has 0 unspecified atom stereocenters. The molecule has 0 heterocycles. The molecule has 0 saturated heterocycles. The van der Waals surface area contributed by atoms with Crippen LogP contribution in [0.5, 0.6) is 0 Å². The molecule has 28 heavy (non-hydrogen) atoms. The van der Waals surface area contributed by atoms with Crippen molar-refractivity contribution in [1.29, 1.82) is 0 Å². The van der Waals surface area contributed by atoms with Gasteiger partial charge in [-0.2, -0.15) is 11.8 Å². The van der Waals surface area contributed by atoms with E-state index in [0.717, 1.165) is 34.6 Å². The third-order valence-corrected chi connectivity index (χ3v) is 6.23. The Morgan fingerprint density at radius 3 is 2.46 bits per heavy atom. The maximum Gasteiger partial charge on any atom is 0.240 e. The van der Waals surface area contributed by atoms with Gasteiger partial charge in [-0.15, -0.1) is 0 Å². The average molecular weight is 425 g/mol. The number of para-hydroxylation sites is 1. The summed E-state index contributed by atoms with van der Waals surface area (Å²) >= 11 is 1.77. The highest BCUT2D eigenvalue weighted by molar-refractivity contribution is 7.98. The molecule has 0 aliphatic heterocycles. The number of sulfonamides is 1. The van der Waals surface area contributed by atoms with Gasteiger partial charge in [-0.25, -0.2) is 12.8 Å². The van der Waals surface area contributed by atoms with Gasteiger partial charge in [0.15, 0.2) is 0 Å². The second-order valence-electron chi connectivity index (χ2n) is 6.46. The summed E-state index contributed by atoms with van der Waals surface area (Å²) in [5.74, 6) is 0.631. The van der Waals surface area contributed by atoms with Crippen LogP contribution in [0.15, 0.2) is 48.5 Å². The summed E-state index contributed by atoms with van der Waals surface area (Å²) in [6.45, 7) is 2.04. The molecule has 0 aliphatic carbocycles. The molecule has 2 aromatic carbocycles. The molecule has 5 nitrogen and oxygen atoms in total. The van der Waals surface area contributed by atoms with Crippen molar-refractivity contribution < 1.29 is 17.6 Å². The van der Waals surface area contributed by atoms with Crippen LogP contribution >= 0.6 is 11.8 Å². The monoisotopic (exact) mass is 424 g/mol. The minimum atomic E-state index is -3.78. The summed E-state index contributed by atoms with van der Waals surface area (Å²) in [4.78, 5) is 12.1. The first-order chi connectivity index (χ1) is 13.3. The van der Waals surface area contributed by atoms with Crippen LogP contribution in [0.2, 0.25) is 0 Å². The Morgan fingerprint density at radius 2 is 1.82 bits per heavy atom. The molecule has 0 spiro atoms. The Morgan fingerprint density at radius 1 is 1.14 bits per heavy atom. The molecule has 2 aromatic rings. The Bertz CT molecular complexity index is 887. The molecule has 0 atom stereocenters. The fourth-order valence-corrected chi connectivity index (χ4v) is 4.28. The van der Waals surface area contributed by atoms with Gasteiger partial charge in [0.25, 0.3) is 0 Å². The van der Waals surface area contributed by atoms with E-state index in [1.54, 1.807) is 11.8 Å². The number of halogens is 1. The molecule has 0 fully saturated rings. The predicted octanol–water partition coefficient (Wildman–Crippen LogP) is 3.34. The van der Waals surface area contributed by atoms with Crippen LogP contribution in [0.1, 0.15) is 17.5 Å². The molecule has 2 rings (SSSR count). The van der Waals surface area contributed by atoms with E-state index in [1.807, 2.05) is 0 Å². The number of anilines is 1. The Hall–Kier alpha value is -2.06. The molecule has 0 bridgehead atoms. The Kier molecular flexibility index (Phi) is 8.32. The second kappa shape index (κ2) is 10.5. The van der Waals surface area contributed by atoms with Crippen LogP contribution in [0.3, 0.4) is 0 Å². The van der Waals surface area contributed by atoms with E-state index in [0.29, 0.717) is 6.54 Å². The quantitative estimate of drug-likeness (QED) is 0.594. The summed E-state index contributed by atoms with van der Waals surface area (Å²) in [7, 11) is -3.78. The average Bonchev–Trinajstić information content (AvgIpc) is 2.64. The summed E-state index contributed by atoms with van der Waals surface area (Å²) < 4.78 is 38.6. The SMILES string of the molecule is Cc1ccc(CSCCCNC(=O)CN(c2ccccc2F)S(C)(=O)=O)cc1. The normalized spacial score (nSPS) is 11.2. The number of nitrogens with zero attached hydrogens (tertiary/aromatic N) is 1. The van der Waals surface area contributed by atoms with Crippen molar-refractivity contribution >= 4 is 33.4 Å². The fraction of sp³-hybridized carbons (Fsp3) is 0.350. The summed E-state index contributed by atoms with van der Waals surface area (Å²) in [6, 6.07) is 13.9. The smallest absolute Gasteiger partial charge is 0.240 e. The lowest BCUT2D eigenvalue weighted by atomic mass is 10.2. The number of nitrogens with one attached hydrogen (secondary N) is 1. The maximum absolute atomic E-state index is 13.9. The van der Waals surface area contributed by atoms with Crippen molar-refractivity contribution in [3.63, 3.8) is 0 Å². The number of thioether (sulfide) groups is 1. The van der Waals surface area contributed by atoms with Gasteiger partial charge in [-0.05, 0) is 36.8 Å². The van der Waals surface area contributed by atoms with Crippen molar-refractivity contribution in [3.05, 3.63) is 65.5 Å². The molecule has 8 heteroatoms. The standard InChI is InChI=1S/C20H25FN2O3S2/c1-16-8-10-17(11-9-16)15-27-13-5-12-22-20(24)14-23(28(2,25)26)19-7-4-3-6-18(19)21/h3-4,6-11H,5,12-15H2,1-2H3,(H,22,24). The van der Waals surface area contributed by atoms with Gasteiger partial charge in [0.1, 0.15) is 12.4 Å². The first kappa shape index (κ1) is 22.2. The summed E-state index contributed by atoms with van der Waals surface area (Å²) in [5, 5.41) is 2.70. The molecule has 1 N–H and O–H groups in total. The molecule has 0 radical (unpaired) electrons. The number of hydrogen-bond donors (Lipinski definition) is 1. The lowest BCUT2D eigenvalue weighted by Gasteiger charge is -2.22. The van der Waals surface area contributed by atoms with Crippen LogP contribution in [0.25, 0.3) is 0 Å². The molecular formula is C20H25FN2O3S2. The largest absolute Gasteiger partial charge is 0.354 e. The number of carbonyl (C=O) groups is 1. The van der Waals surface area contributed by atoms with E-state index >= 15 is 0 Å². The highest BCUT2D eigenvalue weighted by atomic mass is 32.2. The zero-order chi connectivity index (χ0) is 20.6. The highest BCUT2D eigenvalue weighted by Crippen LogP contribution is 2.21. The van der Waals surface area contributed by atoms with Gasteiger partial charge in [0, 0.05) is 12.3 Å². The molecular weight excluding hydrogens is 399 g/mol. The van der Waals surface area contributed by atoms with Crippen molar-refractivity contribution in [2.24, 2.45) is 0 Å². The topological polar surface area (TPSA) is 66.5 Å². The maximum atomic E-state index is 13.9. The Balaban J connectivity index is 1.76. The van der Waals surface area contributed by atoms with E-state index in [2.05, 4.69) is 36.5 Å². The number of aryl methyl sites for hydroxylation is 1. The van der Waals surface area contributed by atoms with Gasteiger partial charge < -0.3 is 5.32 Å². The van der Waals surface area contributed by atoms with Crippen LogP contribution in [-0.4, -0.2) is 39.4 Å². The van der Waals surface area contributed by atoms with E-state index < -0.39 is 28.3 Å². The zero-order valence-corrected chi connectivity index (χ0v) is 17.7. The summed E-state index contributed by atoms with van der Waals surface area (Å²) in [6.07, 6.45) is 1.72. The molecule has 0 aromatic heterocycles. The second-order valence-corrected chi connectivity index (χ2v) is 9.47. The molecule has 0 aliphatic rings. The van der Waals surface area contributed by atoms with Gasteiger partial charge in [-0.3, -0.25) is 9.10 Å². The lowest BCUT2D eigenvalue weighted by molar-refractivity contribution is -0.119. The predicted molar refractivity (Wildman–Crippen MR) is 114 cm³/mol. The minimum Gasteiger partial charge on any atom is -0.354 e. The number of rotatable bonds is 10. The lowest BCUT2D eigenvalue weighted by Crippen LogP contribution is -2.41. The first-order valence-corrected chi connectivity index (χ1v) is 11.9. The summed E-state index contributed by atoms with van der Waals surface area (Å²) in [5.41, 5.74) is 2.36. The van der Waals surface area contributed by atoms with Crippen molar-refractivity contribution in [3.8, 4) is 0 Å². The third kappa shape index (κ3) is 7.16. The van der Waals surface area contributed by atoms with Crippen LogP contribution < -0.4 is 9.62 Å². The van der Waals surface area contributed by atoms with Gasteiger partial charge >= 0.3 is 0 Å². The van der Waals surface area contributed by atoms with E-state index in [9.17, 15) is 17.6 Å². The van der Waals surface area contributed by atoms with Crippen LogP contribution in [-0.2, 0) is 20.6 Å². The number of hydrogen-bond acceptors (Lipinski definition) is 4. The Labute approximate surface area is 170 Å². The van der Waals surface area contributed by atoms with Gasteiger partial charge in [-0.1, -0.05) is 42.0 Å². The molecule has 1 amide bonds. The third-order valence-electron chi connectivity index (χ3n) is 3.99. The van der Waals surface area contributed by atoms with Gasteiger partial charge in [0.2, 0.25) is 15.9 Å². The minimum absolute atomic E-state index is 0.131.